The summed E-state index contributed by atoms with van der Waals surface area (Å²) in [7, 11) is 0. The summed E-state index contributed by atoms with van der Waals surface area (Å²) in [5, 5.41) is 10.6. The first-order valence-electron chi connectivity index (χ1n) is 22.8. The minimum absolute atomic E-state index is 0. The number of nitrogens with zero attached hydrogens (tertiary/aromatic N) is 4. The molecule has 0 N–H and O–H groups in total. The van der Waals surface area contributed by atoms with Crippen LogP contribution in [0.4, 0.5) is 0 Å². The van der Waals surface area contributed by atoms with Gasteiger partial charge in [-0.25, -0.2) is 0 Å². The number of furan rings is 1. The third kappa shape index (κ3) is 7.47. The molecule has 0 aliphatic carbocycles. The maximum absolute atomic E-state index is 9.76. The Hall–Kier alpha value is -5.34. The molecule has 0 saturated heterocycles. The van der Waals surface area contributed by atoms with Crippen LogP contribution in [0.15, 0.2) is 102 Å². The van der Waals surface area contributed by atoms with Crippen LogP contribution in [0.2, 0.25) is 0 Å². The van der Waals surface area contributed by atoms with Crippen molar-refractivity contribution in [2.45, 2.75) is 79.4 Å². The zero-order chi connectivity index (χ0) is 46.7. The van der Waals surface area contributed by atoms with E-state index in [2.05, 4.69) is 90.1 Å². The Bertz CT molecular complexity index is 3050. The van der Waals surface area contributed by atoms with Crippen molar-refractivity contribution in [3.8, 4) is 34.1 Å². The van der Waals surface area contributed by atoms with E-state index in [1.54, 1.807) is 41.0 Å². The first-order chi connectivity index (χ1) is 29.9. The second-order valence-corrected chi connectivity index (χ2v) is 15.4. The summed E-state index contributed by atoms with van der Waals surface area (Å²) in [5.41, 5.74) is 8.50. The first-order valence-corrected chi connectivity index (χ1v) is 18.3. The van der Waals surface area contributed by atoms with E-state index in [9.17, 15) is 5.26 Å². The van der Waals surface area contributed by atoms with Crippen LogP contribution in [-0.2, 0) is 32.5 Å². The largest absolute Gasteiger partial charge is 3.00 e. The van der Waals surface area contributed by atoms with Crippen LogP contribution in [0.3, 0.4) is 0 Å². The molecule has 5 nitrogen and oxygen atoms in total. The first kappa shape index (κ1) is 29.9. The van der Waals surface area contributed by atoms with Crippen LogP contribution in [0, 0.1) is 43.5 Å². The van der Waals surface area contributed by atoms with Crippen molar-refractivity contribution >= 4 is 33.0 Å². The van der Waals surface area contributed by atoms with Gasteiger partial charge in [0.1, 0.15) is 11.7 Å². The second kappa shape index (κ2) is 16.0. The van der Waals surface area contributed by atoms with E-state index in [-0.39, 0.29) is 65.2 Å². The fourth-order valence-corrected chi connectivity index (χ4v) is 7.02. The van der Waals surface area contributed by atoms with Gasteiger partial charge in [0.25, 0.3) is 0 Å². The van der Waals surface area contributed by atoms with Gasteiger partial charge < -0.3 is 18.5 Å². The normalized spacial score (nSPS) is 14.6. The Labute approximate surface area is 357 Å². The molecule has 0 saturated carbocycles. The Morgan fingerprint density at radius 1 is 0.875 bits per heavy atom. The Morgan fingerprint density at radius 3 is 2.25 bits per heavy atom. The molecule has 8 rings (SSSR count). The van der Waals surface area contributed by atoms with E-state index >= 15 is 0 Å². The van der Waals surface area contributed by atoms with Gasteiger partial charge in [-0.05, 0) is 69.2 Å². The molecular formula is C50H48IrN4O+. The number of nitriles is 1. The maximum atomic E-state index is 9.76. The van der Waals surface area contributed by atoms with Gasteiger partial charge in [0.2, 0.25) is 6.33 Å². The second-order valence-electron chi connectivity index (χ2n) is 15.4. The molecule has 8 aromatic rings. The van der Waals surface area contributed by atoms with Crippen LogP contribution in [0.25, 0.3) is 61.0 Å². The molecule has 0 bridgehead atoms. The van der Waals surface area contributed by atoms with Crippen molar-refractivity contribution in [3.05, 3.63) is 149 Å². The van der Waals surface area contributed by atoms with Crippen LogP contribution in [0.1, 0.15) is 106 Å². The van der Waals surface area contributed by atoms with Crippen molar-refractivity contribution in [1.29, 1.82) is 5.26 Å². The summed E-state index contributed by atoms with van der Waals surface area (Å²) in [6.07, 6.45) is 4.28. The fraction of sp³-hybridized carbons (Fsp3) is 0.260. The monoisotopic (exact) mass is 922 g/mol. The smallest absolute Gasteiger partial charge is 0.499 e. The number of aromatic nitrogens is 3. The summed E-state index contributed by atoms with van der Waals surface area (Å²) < 4.78 is 81.8. The van der Waals surface area contributed by atoms with Gasteiger partial charge in [0.15, 0.2) is 0 Å². The van der Waals surface area contributed by atoms with E-state index in [1.807, 2.05) is 36.4 Å². The molecule has 6 heteroatoms. The van der Waals surface area contributed by atoms with E-state index in [1.165, 1.54) is 22.4 Å². The Morgan fingerprint density at radius 2 is 1.61 bits per heavy atom. The molecule has 5 aromatic carbocycles. The Balaban J connectivity index is 0.000000291. The third-order valence-electron chi connectivity index (χ3n) is 9.93. The van der Waals surface area contributed by atoms with E-state index < -0.39 is 20.7 Å². The van der Waals surface area contributed by atoms with Crippen molar-refractivity contribution in [2.75, 3.05) is 0 Å². The SMILES string of the molecule is [2H]C([2H])([2H])[n+]1[c-]n(-c2[c-]cccc2)c2ccccc21.[2H]C([2H])([2H])c1cnc(-c2[c-]cc(C([2H])([2H])[2H])c3c2oc2c(C#N)cccc23)cc1-c1c(C(C)C)cc(C(C)(C)C)cc1C(C)C.[Ir+3]. The number of benzene rings is 5. The van der Waals surface area contributed by atoms with Gasteiger partial charge in [0.05, 0.1) is 33.3 Å². The zero-order valence-corrected chi connectivity index (χ0v) is 34.8. The molecule has 3 aromatic heterocycles. The standard InChI is InChI=1S/C36H37N2O.C14H11N2.Ir/c1-20(2)28-15-25(36(7,8)9)16-29(21(3)4)33(28)30-17-31(38-19-23(30)6)26-14-13-22(5)32-27-12-10-11-24(18-37)34(27)39-35(26)32;1-15-11-16(12-7-3-2-4-8-12)14-10-6-5-9-13(14)15;/h10-13,15-17,19-21H,1-9H3;2-7,9-10H,1H3;/q2*-1;+3/i5D3,6D3;1D3;. The van der Waals surface area contributed by atoms with Crippen molar-refractivity contribution in [3.63, 3.8) is 0 Å². The number of para-hydroxylation sites is 4. The third-order valence-corrected chi connectivity index (χ3v) is 9.93. The summed E-state index contributed by atoms with van der Waals surface area (Å²) in [6.45, 7) is 7.78. The minimum atomic E-state index is -2.47. The van der Waals surface area contributed by atoms with Gasteiger partial charge in [-0.15, -0.1) is 17.7 Å². The summed E-state index contributed by atoms with van der Waals surface area (Å²) in [5.74, 6) is 0.190. The molecule has 0 unspecified atom stereocenters. The number of rotatable bonds is 5. The number of fused-ring (bicyclic) bond motifs is 4. The van der Waals surface area contributed by atoms with E-state index in [4.69, 9.17) is 16.8 Å². The van der Waals surface area contributed by atoms with Crippen molar-refractivity contribution < 1.29 is 41.4 Å². The van der Waals surface area contributed by atoms with Gasteiger partial charge in [-0.3, -0.25) is 0 Å². The minimum Gasteiger partial charge on any atom is -0.499 e. The van der Waals surface area contributed by atoms with E-state index in [0.717, 1.165) is 27.9 Å². The average Bonchev–Trinajstić information content (AvgIpc) is 3.82. The van der Waals surface area contributed by atoms with E-state index in [0.29, 0.717) is 33.1 Å². The Kier molecular flexibility index (Phi) is 8.55. The molecule has 0 spiro atoms. The fourth-order valence-electron chi connectivity index (χ4n) is 7.02. The van der Waals surface area contributed by atoms with Gasteiger partial charge in [-0.2, -0.15) is 35.6 Å². The number of hydrogen-bond acceptors (Lipinski definition) is 3. The molecule has 0 aliphatic heterocycles. The molecule has 56 heavy (non-hydrogen) atoms. The van der Waals surface area contributed by atoms with Crippen LogP contribution < -0.4 is 4.57 Å². The molecular weight excluding hydrogens is 865 g/mol. The maximum Gasteiger partial charge on any atom is 3.00 e. The van der Waals surface area contributed by atoms with Crippen molar-refractivity contribution in [1.82, 2.24) is 9.55 Å². The summed E-state index contributed by atoms with van der Waals surface area (Å²) in [4.78, 5) is 4.61. The summed E-state index contributed by atoms with van der Waals surface area (Å²) >= 11 is 0. The van der Waals surface area contributed by atoms with Gasteiger partial charge in [-0.1, -0.05) is 127 Å². The zero-order valence-electron chi connectivity index (χ0n) is 41.4. The topological polar surface area (TPSA) is 58.6 Å². The summed E-state index contributed by atoms with van der Waals surface area (Å²) in [6, 6.07) is 35.7. The number of imidazole rings is 1. The average molecular weight is 922 g/mol. The predicted octanol–water partition coefficient (Wildman–Crippen LogP) is 12.2. The number of hydrogen-bond donors (Lipinski definition) is 0. The molecule has 3 heterocycles. The molecule has 282 valence electrons. The molecule has 0 radical (unpaired) electrons. The van der Waals surface area contributed by atoms with Gasteiger partial charge in [0, 0.05) is 19.8 Å². The van der Waals surface area contributed by atoms with Crippen LogP contribution in [-0.4, -0.2) is 9.55 Å². The molecule has 0 fully saturated rings. The van der Waals surface area contributed by atoms with Crippen LogP contribution >= 0.6 is 0 Å². The van der Waals surface area contributed by atoms with Gasteiger partial charge >= 0.3 is 20.1 Å². The van der Waals surface area contributed by atoms with Crippen molar-refractivity contribution in [2.24, 2.45) is 6.98 Å². The predicted molar refractivity (Wildman–Crippen MR) is 224 cm³/mol. The molecule has 0 amide bonds. The van der Waals surface area contributed by atoms with Crippen LogP contribution in [0.5, 0.6) is 0 Å². The number of pyridine rings is 1. The number of aryl methyl sites for hydroxylation is 3. The quantitative estimate of drug-likeness (QED) is 0.128. The molecule has 0 atom stereocenters. The molecule has 0 aliphatic rings.